The number of anilines is 1. The van der Waals surface area contributed by atoms with E-state index in [4.69, 9.17) is 5.73 Å². The Bertz CT molecular complexity index is 480. The third-order valence-corrected chi connectivity index (χ3v) is 2.96. The van der Waals surface area contributed by atoms with Gasteiger partial charge < -0.3 is 11.1 Å². The Labute approximate surface area is 97.9 Å². The second-order valence-corrected chi connectivity index (χ2v) is 4.21. The molecule has 0 fully saturated rings. The van der Waals surface area contributed by atoms with E-state index < -0.39 is 5.91 Å². The number of benzene rings is 1. The molecule has 2 rings (SSSR count). The molecular weight excluding hydrogens is 220 g/mol. The number of carbonyl (C=O) groups is 1. The van der Waals surface area contributed by atoms with Crippen LogP contribution in [0.3, 0.4) is 0 Å². The van der Waals surface area contributed by atoms with Crippen LogP contribution in [0.4, 0.5) is 5.69 Å². The van der Waals surface area contributed by atoms with Gasteiger partial charge in [0.05, 0.1) is 0 Å². The molecule has 1 amide bonds. The van der Waals surface area contributed by atoms with Gasteiger partial charge in [0.15, 0.2) is 0 Å². The van der Waals surface area contributed by atoms with E-state index in [2.05, 4.69) is 16.8 Å². The highest BCUT2D eigenvalue weighted by Gasteiger charge is 2.00. The Morgan fingerprint density at radius 2 is 2.25 bits per heavy atom. The highest BCUT2D eigenvalue weighted by molar-refractivity contribution is 7.07. The van der Waals surface area contributed by atoms with Crippen molar-refractivity contribution in [3.05, 3.63) is 52.2 Å². The average molecular weight is 232 g/mol. The molecule has 0 bridgehead atoms. The number of carbonyl (C=O) groups excluding carboxylic acids is 1. The van der Waals surface area contributed by atoms with E-state index in [0.29, 0.717) is 5.56 Å². The van der Waals surface area contributed by atoms with Gasteiger partial charge in [0.1, 0.15) is 0 Å². The summed E-state index contributed by atoms with van der Waals surface area (Å²) in [5, 5.41) is 7.37. The Balaban J connectivity index is 2.04. The van der Waals surface area contributed by atoms with Gasteiger partial charge in [0.2, 0.25) is 5.91 Å². The Kier molecular flexibility index (Phi) is 3.22. The summed E-state index contributed by atoms with van der Waals surface area (Å²) in [6, 6.07) is 9.26. The molecule has 0 atom stereocenters. The van der Waals surface area contributed by atoms with Crippen molar-refractivity contribution in [1.82, 2.24) is 0 Å². The lowest BCUT2D eigenvalue weighted by Crippen LogP contribution is -2.11. The first-order valence-electron chi connectivity index (χ1n) is 4.90. The maximum atomic E-state index is 11.0. The summed E-state index contributed by atoms with van der Waals surface area (Å²) in [6.45, 7) is 0.756. The van der Waals surface area contributed by atoms with Crippen LogP contribution in [0.1, 0.15) is 15.9 Å². The minimum absolute atomic E-state index is 0.404. The van der Waals surface area contributed by atoms with Crippen LogP contribution >= 0.6 is 11.3 Å². The fourth-order valence-electron chi connectivity index (χ4n) is 1.38. The molecule has 3 nitrogen and oxygen atoms in total. The van der Waals surface area contributed by atoms with Gasteiger partial charge in [0.25, 0.3) is 0 Å². The van der Waals surface area contributed by atoms with E-state index in [0.717, 1.165) is 12.2 Å². The predicted molar refractivity (Wildman–Crippen MR) is 66.6 cm³/mol. The molecule has 0 unspecified atom stereocenters. The monoisotopic (exact) mass is 232 g/mol. The van der Waals surface area contributed by atoms with Gasteiger partial charge in [-0.2, -0.15) is 11.3 Å². The molecule has 1 aromatic heterocycles. The molecule has 0 radical (unpaired) electrons. The maximum absolute atomic E-state index is 11.0. The maximum Gasteiger partial charge on any atom is 0.248 e. The van der Waals surface area contributed by atoms with E-state index in [1.54, 1.807) is 23.5 Å². The molecule has 0 aliphatic carbocycles. The first-order chi connectivity index (χ1) is 7.75. The van der Waals surface area contributed by atoms with Gasteiger partial charge in [0, 0.05) is 17.8 Å². The van der Waals surface area contributed by atoms with Crippen LogP contribution in [-0.2, 0) is 6.54 Å². The quantitative estimate of drug-likeness (QED) is 0.850. The number of nitrogens with two attached hydrogens (primary N) is 1. The largest absolute Gasteiger partial charge is 0.381 e. The molecule has 0 aliphatic rings. The number of nitrogens with one attached hydrogen (secondary N) is 1. The van der Waals surface area contributed by atoms with Gasteiger partial charge in [-0.1, -0.05) is 6.07 Å². The van der Waals surface area contributed by atoms with Crippen molar-refractivity contribution < 1.29 is 4.79 Å². The Morgan fingerprint density at radius 3 is 2.94 bits per heavy atom. The average Bonchev–Trinajstić information content (AvgIpc) is 2.79. The SMILES string of the molecule is NC(=O)c1cccc(NCc2ccsc2)c1. The molecule has 0 aliphatic heterocycles. The summed E-state index contributed by atoms with van der Waals surface area (Å²) in [4.78, 5) is 11.0. The zero-order chi connectivity index (χ0) is 11.4. The molecule has 4 heteroatoms. The summed E-state index contributed by atoms with van der Waals surface area (Å²) in [6.07, 6.45) is 0. The van der Waals surface area contributed by atoms with Crippen LogP contribution in [0.5, 0.6) is 0 Å². The highest BCUT2D eigenvalue weighted by Crippen LogP contribution is 2.13. The van der Waals surface area contributed by atoms with Gasteiger partial charge in [-0.15, -0.1) is 0 Å². The van der Waals surface area contributed by atoms with Gasteiger partial charge in [-0.3, -0.25) is 4.79 Å². The van der Waals surface area contributed by atoms with Crippen molar-refractivity contribution in [2.75, 3.05) is 5.32 Å². The summed E-state index contributed by atoms with van der Waals surface area (Å²) in [7, 11) is 0. The normalized spacial score (nSPS) is 10.0. The minimum Gasteiger partial charge on any atom is -0.381 e. The number of rotatable bonds is 4. The smallest absolute Gasteiger partial charge is 0.248 e. The lowest BCUT2D eigenvalue weighted by Gasteiger charge is -2.05. The van der Waals surface area contributed by atoms with Crippen molar-refractivity contribution in [3.8, 4) is 0 Å². The van der Waals surface area contributed by atoms with Crippen molar-refractivity contribution in [2.45, 2.75) is 6.54 Å². The van der Waals surface area contributed by atoms with Crippen LogP contribution < -0.4 is 11.1 Å². The summed E-state index contributed by atoms with van der Waals surface area (Å²) in [5.74, 6) is -0.404. The van der Waals surface area contributed by atoms with E-state index >= 15 is 0 Å². The lowest BCUT2D eigenvalue weighted by atomic mass is 10.2. The molecule has 1 aromatic carbocycles. The zero-order valence-electron chi connectivity index (χ0n) is 8.64. The second-order valence-electron chi connectivity index (χ2n) is 3.43. The Morgan fingerprint density at radius 1 is 1.38 bits per heavy atom. The van der Waals surface area contributed by atoms with Crippen molar-refractivity contribution >= 4 is 22.9 Å². The fraction of sp³-hybridized carbons (Fsp3) is 0.0833. The first-order valence-corrected chi connectivity index (χ1v) is 5.85. The molecule has 82 valence electrons. The van der Waals surface area contributed by atoms with Crippen LogP contribution in [0.25, 0.3) is 0 Å². The van der Waals surface area contributed by atoms with Crippen molar-refractivity contribution in [2.24, 2.45) is 5.73 Å². The molecule has 2 aromatic rings. The number of hydrogen-bond acceptors (Lipinski definition) is 3. The van der Waals surface area contributed by atoms with Crippen LogP contribution in [0, 0.1) is 0 Å². The van der Waals surface area contributed by atoms with E-state index in [1.807, 2.05) is 17.5 Å². The molecule has 0 saturated heterocycles. The first kappa shape index (κ1) is 10.7. The lowest BCUT2D eigenvalue weighted by molar-refractivity contribution is 0.100. The second kappa shape index (κ2) is 4.81. The fourth-order valence-corrected chi connectivity index (χ4v) is 2.05. The standard InChI is InChI=1S/C12H12N2OS/c13-12(15)10-2-1-3-11(6-10)14-7-9-4-5-16-8-9/h1-6,8,14H,7H2,(H2,13,15). The molecule has 3 N–H and O–H groups in total. The van der Waals surface area contributed by atoms with Crippen LogP contribution in [0.2, 0.25) is 0 Å². The minimum atomic E-state index is -0.404. The Hall–Kier alpha value is -1.81. The van der Waals surface area contributed by atoms with Gasteiger partial charge in [-0.05, 0) is 40.6 Å². The van der Waals surface area contributed by atoms with E-state index in [1.165, 1.54) is 5.56 Å². The molecule has 1 heterocycles. The number of hydrogen-bond donors (Lipinski definition) is 2. The van der Waals surface area contributed by atoms with Crippen LogP contribution in [-0.4, -0.2) is 5.91 Å². The third-order valence-electron chi connectivity index (χ3n) is 2.22. The molecule has 16 heavy (non-hydrogen) atoms. The number of thiophene rings is 1. The molecular formula is C12H12N2OS. The highest BCUT2D eigenvalue weighted by atomic mass is 32.1. The predicted octanol–water partition coefficient (Wildman–Crippen LogP) is 2.46. The topological polar surface area (TPSA) is 55.1 Å². The van der Waals surface area contributed by atoms with E-state index in [-0.39, 0.29) is 0 Å². The van der Waals surface area contributed by atoms with Gasteiger partial charge in [-0.25, -0.2) is 0 Å². The van der Waals surface area contributed by atoms with Crippen molar-refractivity contribution in [1.29, 1.82) is 0 Å². The number of primary amides is 1. The molecule has 0 saturated carbocycles. The molecule has 0 spiro atoms. The zero-order valence-corrected chi connectivity index (χ0v) is 9.46. The van der Waals surface area contributed by atoms with Crippen LogP contribution in [0.15, 0.2) is 41.1 Å². The summed E-state index contributed by atoms with van der Waals surface area (Å²) < 4.78 is 0. The summed E-state index contributed by atoms with van der Waals surface area (Å²) in [5.41, 5.74) is 7.87. The third kappa shape index (κ3) is 2.61. The van der Waals surface area contributed by atoms with Crippen molar-refractivity contribution in [3.63, 3.8) is 0 Å². The number of amides is 1. The van der Waals surface area contributed by atoms with E-state index in [9.17, 15) is 4.79 Å². The van der Waals surface area contributed by atoms with Gasteiger partial charge >= 0.3 is 0 Å². The summed E-state index contributed by atoms with van der Waals surface area (Å²) >= 11 is 1.67.